The molecule has 0 saturated heterocycles. The first kappa shape index (κ1) is 14.9. The highest BCUT2D eigenvalue weighted by Gasteiger charge is 2.45. The van der Waals surface area contributed by atoms with E-state index in [1.165, 1.54) is 12.8 Å². The van der Waals surface area contributed by atoms with Crippen molar-refractivity contribution < 1.29 is 9.90 Å². The number of carbonyl (C=O) groups is 1. The number of nitrogens with one attached hydrogen (secondary N) is 2. The second-order valence-corrected chi connectivity index (χ2v) is 5.99. The van der Waals surface area contributed by atoms with Crippen LogP contribution in [0.5, 0.6) is 0 Å². The molecular weight excluding hydrogens is 252 g/mol. The van der Waals surface area contributed by atoms with Crippen LogP contribution in [0.4, 0.5) is 4.79 Å². The molecule has 1 fully saturated rings. The molecule has 4 heteroatoms. The monoisotopic (exact) mass is 276 g/mol. The summed E-state index contributed by atoms with van der Waals surface area (Å²) >= 11 is 0. The third kappa shape index (κ3) is 3.51. The molecule has 1 aromatic carbocycles. The van der Waals surface area contributed by atoms with E-state index in [0.29, 0.717) is 17.9 Å². The fraction of sp³-hybridized carbons (Fsp3) is 0.562. The molecule has 1 aliphatic rings. The van der Waals surface area contributed by atoms with E-state index in [-0.39, 0.29) is 18.7 Å². The lowest BCUT2D eigenvalue weighted by Crippen LogP contribution is -2.42. The van der Waals surface area contributed by atoms with Crippen LogP contribution < -0.4 is 10.6 Å². The van der Waals surface area contributed by atoms with E-state index in [1.54, 1.807) is 0 Å². The number of rotatable bonds is 6. The van der Waals surface area contributed by atoms with Gasteiger partial charge in [-0.1, -0.05) is 44.2 Å². The smallest absolute Gasteiger partial charge is 0.315 e. The third-order valence-electron chi connectivity index (χ3n) is 4.41. The van der Waals surface area contributed by atoms with Crippen LogP contribution in [0.15, 0.2) is 30.3 Å². The maximum atomic E-state index is 11.9. The van der Waals surface area contributed by atoms with Crippen LogP contribution in [0.1, 0.15) is 38.3 Å². The maximum Gasteiger partial charge on any atom is 0.315 e. The van der Waals surface area contributed by atoms with Crippen LogP contribution in [0.3, 0.4) is 0 Å². The standard InChI is InChI=1S/C16H24N2O2/c1-12(2)16(8-9-16)11-17-15(20)18-14(10-19)13-6-4-3-5-7-13/h3-7,12,14,19H,8-11H2,1-2H3,(H2,17,18,20). The van der Waals surface area contributed by atoms with Crippen molar-refractivity contribution in [3.05, 3.63) is 35.9 Å². The van der Waals surface area contributed by atoms with Gasteiger partial charge in [-0.15, -0.1) is 0 Å². The SMILES string of the molecule is CC(C)C1(CNC(=O)NC(CO)c2ccccc2)CC1. The molecule has 1 aliphatic carbocycles. The number of hydrogen-bond donors (Lipinski definition) is 3. The molecule has 0 heterocycles. The van der Waals surface area contributed by atoms with Gasteiger partial charge in [0.2, 0.25) is 0 Å². The second kappa shape index (κ2) is 6.27. The average Bonchev–Trinajstić information content (AvgIpc) is 3.25. The zero-order chi connectivity index (χ0) is 14.6. The quantitative estimate of drug-likeness (QED) is 0.747. The fourth-order valence-corrected chi connectivity index (χ4v) is 2.50. The van der Waals surface area contributed by atoms with Gasteiger partial charge in [0.15, 0.2) is 0 Å². The zero-order valence-electron chi connectivity index (χ0n) is 12.2. The Kier molecular flexibility index (Phi) is 4.65. The van der Waals surface area contributed by atoms with E-state index >= 15 is 0 Å². The molecule has 0 bridgehead atoms. The van der Waals surface area contributed by atoms with E-state index in [0.717, 1.165) is 5.56 Å². The predicted molar refractivity (Wildman–Crippen MR) is 79.3 cm³/mol. The molecule has 2 rings (SSSR count). The molecule has 0 aliphatic heterocycles. The topological polar surface area (TPSA) is 61.4 Å². The molecule has 0 spiro atoms. The van der Waals surface area contributed by atoms with E-state index in [9.17, 15) is 9.90 Å². The lowest BCUT2D eigenvalue weighted by atomic mass is 9.92. The van der Waals surface area contributed by atoms with Crippen molar-refractivity contribution >= 4 is 6.03 Å². The highest BCUT2D eigenvalue weighted by molar-refractivity contribution is 5.74. The lowest BCUT2D eigenvalue weighted by molar-refractivity contribution is 0.213. The summed E-state index contributed by atoms with van der Waals surface area (Å²) in [4.78, 5) is 11.9. The Morgan fingerprint density at radius 1 is 1.30 bits per heavy atom. The minimum absolute atomic E-state index is 0.104. The van der Waals surface area contributed by atoms with E-state index in [1.807, 2.05) is 30.3 Å². The summed E-state index contributed by atoms with van der Waals surface area (Å²) in [5.41, 5.74) is 1.20. The van der Waals surface area contributed by atoms with Gasteiger partial charge in [0.05, 0.1) is 12.6 Å². The summed E-state index contributed by atoms with van der Waals surface area (Å²) in [5, 5.41) is 15.2. The minimum atomic E-state index is -0.356. The van der Waals surface area contributed by atoms with Crippen LogP contribution in [0, 0.1) is 11.3 Å². The van der Waals surface area contributed by atoms with Crippen LogP contribution in [0.2, 0.25) is 0 Å². The molecule has 110 valence electrons. The molecule has 4 nitrogen and oxygen atoms in total. The third-order valence-corrected chi connectivity index (χ3v) is 4.41. The molecule has 1 unspecified atom stereocenters. The van der Waals surface area contributed by atoms with Crippen molar-refractivity contribution in [2.24, 2.45) is 11.3 Å². The Morgan fingerprint density at radius 2 is 1.95 bits per heavy atom. The number of benzene rings is 1. The van der Waals surface area contributed by atoms with Crippen LogP contribution in [0.25, 0.3) is 0 Å². The average molecular weight is 276 g/mol. The maximum absolute atomic E-state index is 11.9. The van der Waals surface area contributed by atoms with E-state index in [2.05, 4.69) is 24.5 Å². The second-order valence-electron chi connectivity index (χ2n) is 5.99. The minimum Gasteiger partial charge on any atom is -0.394 e. The van der Waals surface area contributed by atoms with Crippen LogP contribution >= 0.6 is 0 Å². The number of hydrogen-bond acceptors (Lipinski definition) is 2. The fourth-order valence-electron chi connectivity index (χ4n) is 2.50. The first-order valence-electron chi connectivity index (χ1n) is 7.27. The van der Waals surface area contributed by atoms with Crippen molar-refractivity contribution in [3.8, 4) is 0 Å². The largest absolute Gasteiger partial charge is 0.394 e. The molecule has 20 heavy (non-hydrogen) atoms. The molecule has 0 aromatic heterocycles. The Hall–Kier alpha value is -1.55. The van der Waals surface area contributed by atoms with Gasteiger partial charge in [-0.2, -0.15) is 0 Å². The highest BCUT2D eigenvalue weighted by atomic mass is 16.3. The Labute approximate surface area is 120 Å². The van der Waals surface area contributed by atoms with Gasteiger partial charge in [-0.3, -0.25) is 0 Å². The molecular formula is C16H24N2O2. The zero-order valence-corrected chi connectivity index (χ0v) is 12.2. The number of carbonyl (C=O) groups excluding carboxylic acids is 1. The van der Waals surface area contributed by atoms with Crippen molar-refractivity contribution in [2.45, 2.75) is 32.7 Å². The number of urea groups is 1. The summed E-state index contributed by atoms with van der Waals surface area (Å²) in [6.45, 7) is 5.01. The summed E-state index contributed by atoms with van der Waals surface area (Å²) in [6.07, 6.45) is 2.38. The van der Waals surface area contributed by atoms with Crippen LogP contribution in [-0.2, 0) is 0 Å². The van der Waals surface area contributed by atoms with E-state index < -0.39 is 0 Å². The summed E-state index contributed by atoms with van der Waals surface area (Å²) in [5.74, 6) is 0.588. The first-order valence-corrected chi connectivity index (χ1v) is 7.27. The summed E-state index contributed by atoms with van der Waals surface area (Å²) < 4.78 is 0. The lowest BCUT2D eigenvalue weighted by Gasteiger charge is -2.22. The molecule has 0 radical (unpaired) electrons. The van der Waals surface area contributed by atoms with Gasteiger partial charge in [-0.05, 0) is 29.7 Å². The number of aliphatic hydroxyl groups excluding tert-OH is 1. The Morgan fingerprint density at radius 3 is 2.45 bits per heavy atom. The van der Waals surface area contributed by atoms with E-state index in [4.69, 9.17) is 0 Å². The normalized spacial score (nSPS) is 17.6. The van der Waals surface area contributed by atoms with Gasteiger partial charge in [0.25, 0.3) is 0 Å². The number of aliphatic hydroxyl groups is 1. The molecule has 1 saturated carbocycles. The van der Waals surface area contributed by atoms with Gasteiger partial charge < -0.3 is 15.7 Å². The van der Waals surface area contributed by atoms with Crippen molar-refractivity contribution in [1.29, 1.82) is 0 Å². The number of amides is 2. The van der Waals surface area contributed by atoms with Crippen LogP contribution in [-0.4, -0.2) is 24.3 Å². The van der Waals surface area contributed by atoms with Crippen molar-refractivity contribution in [1.82, 2.24) is 10.6 Å². The Balaban J connectivity index is 1.84. The van der Waals surface area contributed by atoms with Crippen molar-refractivity contribution in [3.63, 3.8) is 0 Å². The van der Waals surface area contributed by atoms with Gasteiger partial charge in [-0.25, -0.2) is 4.79 Å². The predicted octanol–water partition coefficient (Wildman–Crippen LogP) is 2.46. The molecule has 1 aromatic rings. The first-order chi connectivity index (χ1) is 9.57. The Bertz CT molecular complexity index is 441. The molecule has 2 amide bonds. The highest BCUT2D eigenvalue weighted by Crippen LogP contribution is 2.51. The van der Waals surface area contributed by atoms with Gasteiger partial charge in [0, 0.05) is 6.54 Å². The van der Waals surface area contributed by atoms with Crippen molar-refractivity contribution in [2.75, 3.05) is 13.2 Å². The van der Waals surface area contributed by atoms with Gasteiger partial charge >= 0.3 is 6.03 Å². The molecule has 1 atom stereocenters. The molecule has 3 N–H and O–H groups in total. The summed E-state index contributed by atoms with van der Waals surface area (Å²) in [6, 6.07) is 8.95. The van der Waals surface area contributed by atoms with Gasteiger partial charge in [0.1, 0.15) is 0 Å². The summed E-state index contributed by atoms with van der Waals surface area (Å²) in [7, 11) is 0.